The summed E-state index contributed by atoms with van der Waals surface area (Å²) < 4.78 is 42.7. The van der Waals surface area contributed by atoms with Crippen LogP contribution in [0, 0.1) is 0 Å². The fourth-order valence-corrected chi connectivity index (χ4v) is 2.57. The van der Waals surface area contributed by atoms with Crippen molar-refractivity contribution < 1.29 is 17.6 Å². The maximum Gasteiger partial charge on any atom is 0.449 e. The summed E-state index contributed by atoms with van der Waals surface area (Å²) in [4.78, 5) is 11.7. The molecule has 0 aliphatic rings. The molecule has 0 aliphatic heterocycles. The molecule has 2 aromatic heterocycles. The van der Waals surface area contributed by atoms with Gasteiger partial charge in [-0.25, -0.2) is 0 Å². The van der Waals surface area contributed by atoms with Gasteiger partial charge in [-0.15, -0.1) is 0 Å². The summed E-state index contributed by atoms with van der Waals surface area (Å²) in [5, 5.41) is 3.87. The van der Waals surface area contributed by atoms with Crippen molar-refractivity contribution >= 4 is 22.3 Å². The predicted molar refractivity (Wildman–Crippen MR) is 70.8 cm³/mol. The maximum atomic E-state index is 12.6. The molecule has 2 heterocycles. The zero-order valence-corrected chi connectivity index (χ0v) is 10.7. The third-order valence-corrected chi connectivity index (χ3v) is 3.55. The molecule has 0 aliphatic carbocycles. The number of rotatable bonds is 1. The fourth-order valence-electron chi connectivity index (χ4n) is 1.90. The summed E-state index contributed by atoms with van der Waals surface area (Å²) in [6.07, 6.45) is -4.67. The minimum Gasteiger partial charge on any atom is -0.451 e. The predicted octanol–water partition coefficient (Wildman–Crippen LogP) is 4.54. The van der Waals surface area contributed by atoms with Crippen molar-refractivity contribution in [3.63, 3.8) is 0 Å². The lowest BCUT2D eigenvalue weighted by atomic mass is 10.1. The van der Waals surface area contributed by atoms with E-state index in [2.05, 4.69) is 0 Å². The Hall–Kier alpha value is -2.08. The van der Waals surface area contributed by atoms with Crippen LogP contribution in [0.15, 0.2) is 50.3 Å². The topological polar surface area (TPSA) is 30.2 Å². The van der Waals surface area contributed by atoms with E-state index in [0.717, 1.165) is 5.56 Å². The summed E-state index contributed by atoms with van der Waals surface area (Å²) in [7, 11) is 0. The van der Waals surface area contributed by atoms with Gasteiger partial charge in [-0.05, 0) is 40.1 Å². The summed E-state index contributed by atoms with van der Waals surface area (Å²) in [5.41, 5.74) is 0.821. The van der Waals surface area contributed by atoms with E-state index in [0.29, 0.717) is 11.6 Å². The Morgan fingerprint density at radius 2 is 1.85 bits per heavy atom. The van der Waals surface area contributed by atoms with Crippen molar-refractivity contribution in [2.24, 2.45) is 0 Å². The third-order valence-electron chi connectivity index (χ3n) is 2.86. The molecule has 0 N–H and O–H groups in total. The van der Waals surface area contributed by atoms with Gasteiger partial charge in [0.15, 0.2) is 5.43 Å². The van der Waals surface area contributed by atoms with Crippen LogP contribution in [0.2, 0.25) is 0 Å². The zero-order chi connectivity index (χ0) is 14.3. The largest absolute Gasteiger partial charge is 0.451 e. The SMILES string of the molecule is O=c1cc(C(F)(F)F)oc2cc(-c3ccsc3)ccc12. The highest BCUT2D eigenvalue weighted by Gasteiger charge is 2.34. The smallest absolute Gasteiger partial charge is 0.449 e. The molecule has 0 saturated heterocycles. The Morgan fingerprint density at radius 1 is 1.05 bits per heavy atom. The Labute approximate surface area is 115 Å². The van der Waals surface area contributed by atoms with Crippen molar-refractivity contribution in [2.45, 2.75) is 6.18 Å². The van der Waals surface area contributed by atoms with E-state index in [4.69, 9.17) is 4.42 Å². The van der Waals surface area contributed by atoms with Crippen LogP contribution >= 0.6 is 11.3 Å². The normalized spacial score (nSPS) is 11.9. The van der Waals surface area contributed by atoms with Crippen LogP contribution in [0.25, 0.3) is 22.1 Å². The van der Waals surface area contributed by atoms with Gasteiger partial charge in [0.05, 0.1) is 5.39 Å². The lowest BCUT2D eigenvalue weighted by Crippen LogP contribution is -2.10. The van der Waals surface area contributed by atoms with Crippen LogP contribution in [0.1, 0.15) is 5.76 Å². The van der Waals surface area contributed by atoms with Gasteiger partial charge in [-0.1, -0.05) is 6.07 Å². The summed E-state index contributed by atoms with van der Waals surface area (Å²) in [6.45, 7) is 0. The standard InChI is InChI=1S/C14H7F3O2S/c15-14(16,17)13-6-11(18)10-2-1-8(5-12(10)19-13)9-3-4-20-7-9/h1-7H. The van der Waals surface area contributed by atoms with E-state index in [1.165, 1.54) is 23.5 Å². The lowest BCUT2D eigenvalue weighted by molar-refractivity contribution is -0.152. The van der Waals surface area contributed by atoms with Gasteiger partial charge < -0.3 is 4.42 Å². The number of benzene rings is 1. The Morgan fingerprint density at radius 3 is 2.50 bits per heavy atom. The van der Waals surface area contributed by atoms with E-state index in [1.807, 2.05) is 16.8 Å². The molecule has 1 aromatic carbocycles. The Balaban J connectivity index is 2.25. The maximum absolute atomic E-state index is 12.6. The summed E-state index contributed by atoms with van der Waals surface area (Å²) in [5.74, 6) is -1.28. The van der Waals surface area contributed by atoms with Gasteiger partial charge in [0.1, 0.15) is 5.58 Å². The average molecular weight is 296 g/mol. The van der Waals surface area contributed by atoms with Crippen molar-refractivity contribution in [1.29, 1.82) is 0 Å². The van der Waals surface area contributed by atoms with Gasteiger partial charge >= 0.3 is 6.18 Å². The molecule has 6 heteroatoms. The molecule has 3 rings (SSSR count). The summed E-state index contributed by atoms with van der Waals surface area (Å²) >= 11 is 1.48. The monoisotopic (exact) mass is 296 g/mol. The molecule has 2 nitrogen and oxygen atoms in total. The van der Waals surface area contributed by atoms with Gasteiger partial charge in [0.2, 0.25) is 5.76 Å². The number of thiophene rings is 1. The second kappa shape index (κ2) is 4.49. The van der Waals surface area contributed by atoms with Crippen molar-refractivity contribution in [1.82, 2.24) is 0 Å². The number of hydrogen-bond acceptors (Lipinski definition) is 3. The van der Waals surface area contributed by atoms with Gasteiger partial charge in [-0.3, -0.25) is 4.79 Å². The molecule has 3 aromatic rings. The molecule has 0 radical (unpaired) electrons. The molecular weight excluding hydrogens is 289 g/mol. The molecular formula is C14H7F3O2S. The van der Waals surface area contributed by atoms with Crippen molar-refractivity contribution in [3.05, 3.63) is 57.1 Å². The number of fused-ring (bicyclic) bond motifs is 1. The first-order valence-electron chi connectivity index (χ1n) is 5.63. The number of halogens is 3. The van der Waals surface area contributed by atoms with Gasteiger partial charge in [0, 0.05) is 6.07 Å². The molecule has 20 heavy (non-hydrogen) atoms. The van der Waals surface area contributed by atoms with E-state index >= 15 is 0 Å². The van der Waals surface area contributed by atoms with Crippen LogP contribution < -0.4 is 5.43 Å². The van der Waals surface area contributed by atoms with Crippen LogP contribution in [0.4, 0.5) is 13.2 Å². The highest BCUT2D eigenvalue weighted by molar-refractivity contribution is 7.08. The van der Waals surface area contributed by atoms with Crippen molar-refractivity contribution in [3.8, 4) is 11.1 Å². The molecule has 0 amide bonds. The zero-order valence-electron chi connectivity index (χ0n) is 9.90. The van der Waals surface area contributed by atoms with E-state index in [-0.39, 0.29) is 11.0 Å². The second-order valence-corrected chi connectivity index (χ2v) is 4.98. The first kappa shape index (κ1) is 12.9. The van der Waals surface area contributed by atoms with Crippen LogP contribution in [-0.4, -0.2) is 0 Å². The molecule has 0 bridgehead atoms. The van der Waals surface area contributed by atoms with E-state index < -0.39 is 17.4 Å². The molecule has 102 valence electrons. The molecule has 0 saturated carbocycles. The summed E-state index contributed by atoms with van der Waals surface area (Å²) in [6, 6.07) is 6.95. The number of alkyl halides is 3. The average Bonchev–Trinajstić information content (AvgIpc) is 2.90. The van der Waals surface area contributed by atoms with E-state index in [1.54, 1.807) is 6.07 Å². The third kappa shape index (κ3) is 2.22. The Bertz CT molecular complexity index is 817. The van der Waals surface area contributed by atoms with Gasteiger partial charge in [-0.2, -0.15) is 24.5 Å². The highest BCUT2D eigenvalue weighted by Crippen LogP contribution is 2.31. The molecule has 0 atom stereocenters. The van der Waals surface area contributed by atoms with Gasteiger partial charge in [0.25, 0.3) is 0 Å². The molecule has 0 unspecified atom stereocenters. The number of hydrogen-bond donors (Lipinski definition) is 0. The van der Waals surface area contributed by atoms with Crippen LogP contribution in [0.3, 0.4) is 0 Å². The highest BCUT2D eigenvalue weighted by atomic mass is 32.1. The second-order valence-electron chi connectivity index (χ2n) is 4.20. The first-order chi connectivity index (χ1) is 9.45. The minimum atomic E-state index is -4.67. The van der Waals surface area contributed by atoms with Crippen molar-refractivity contribution in [2.75, 3.05) is 0 Å². The molecule has 0 fully saturated rings. The lowest BCUT2D eigenvalue weighted by Gasteiger charge is -2.07. The minimum absolute atomic E-state index is 0.0616. The Kier molecular flexibility index (Phi) is 2.90. The van der Waals surface area contributed by atoms with Crippen LogP contribution in [0.5, 0.6) is 0 Å². The fraction of sp³-hybridized carbons (Fsp3) is 0.0714. The van der Waals surface area contributed by atoms with E-state index in [9.17, 15) is 18.0 Å². The quantitative estimate of drug-likeness (QED) is 0.660. The molecule has 0 spiro atoms. The first-order valence-corrected chi connectivity index (χ1v) is 6.57. The van der Waals surface area contributed by atoms with Crippen LogP contribution in [-0.2, 0) is 6.18 Å².